The smallest absolute Gasteiger partial charge is 0.408 e. The quantitative estimate of drug-likeness (QED) is 0.174. The molecule has 5 amide bonds. The van der Waals surface area contributed by atoms with Crippen LogP contribution in [0.1, 0.15) is 107 Å². The minimum atomic E-state index is -1.14. The van der Waals surface area contributed by atoms with Gasteiger partial charge in [-0.1, -0.05) is 39.2 Å². The number of nitrogens with one attached hydrogen (secondary N) is 4. The summed E-state index contributed by atoms with van der Waals surface area (Å²) >= 11 is 0. The first kappa shape index (κ1) is 38.0. The first-order valence-corrected chi connectivity index (χ1v) is 17.1. The maximum Gasteiger partial charge on any atom is 0.408 e. The van der Waals surface area contributed by atoms with Crippen molar-refractivity contribution in [2.45, 2.75) is 136 Å². The molecule has 0 aromatic carbocycles. The highest BCUT2D eigenvalue weighted by Gasteiger charge is 2.69. The van der Waals surface area contributed by atoms with E-state index in [9.17, 15) is 28.8 Å². The molecule has 1 saturated heterocycles. The van der Waals surface area contributed by atoms with Crippen molar-refractivity contribution in [2.24, 2.45) is 23.2 Å². The third-order valence-electron chi connectivity index (χ3n) is 9.49. The molecule has 0 aromatic heterocycles. The standard InChI is InChI=1S/C35H57N5O7/c1-10-11-17-23(28(42)30(44)36-19-18-24(41)39-33(2,3)4)37-29(43)27-25-22(35(25,8)9)20-40(27)31(45)26(21-15-13-12-14-16-21)38-32(46)47-34(5,6)7/h10,21-23,25-27H,1,11-20H2,2-9H3,(H,36,44)(H,37,43)(H,38,46)(H,39,41)/t22-,23?,25-,26-,27-/m0/s1. The molecule has 5 atom stereocenters. The molecular formula is C35H57N5O7. The highest BCUT2D eigenvalue weighted by Crippen LogP contribution is 2.65. The van der Waals surface area contributed by atoms with Crippen LogP contribution < -0.4 is 21.3 Å². The number of ketones is 1. The number of nitrogens with zero attached hydrogens (tertiary/aromatic N) is 1. The first-order chi connectivity index (χ1) is 21.8. The number of carbonyl (C=O) groups is 6. The molecule has 12 nitrogen and oxygen atoms in total. The number of piperidine rings is 1. The summed E-state index contributed by atoms with van der Waals surface area (Å²) in [5.41, 5.74) is -1.36. The van der Waals surface area contributed by atoms with Gasteiger partial charge in [-0.2, -0.15) is 0 Å². The molecule has 1 aliphatic heterocycles. The van der Waals surface area contributed by atoms with Crippen molar-refractivity contribution in [2.75, 3.05) is 13.1 Å². The number of alkyl carbamates (subject to hydrolysis) is 1. The van der Waals surface area contributed by atoms with E-state index in [2.05, 4.69) is 41.7 Å². The van der Waals surface area contributed by atoms with Gasteiger partial charge in [0, 0.05) is 25.0 Å². The van der Waals surface area contributed by atoms with E-state index in [0.29, 0.717) is 13.0 Å². The van der Waals surface area contributed by atoms with Gasteiger partial charge < -0.3 is 30.9 Å². The Kier molecular flexibility index (Phi) is 12.3. The van der Waals surface area contributed by atoms with Crippen LogP contribution in [-0.4, -0.2) is 82.8 Å². The Morgan fingerprint density at radius 2 is 1.62 bits per heavy atom. The number of allylic oxidation sites excluding steroid dienone is 1. The summed E-state index contributed by atoms with van der Waals surface area (Å²) in [6, 6.07) is -2.85. The van der Waals surface area contributed by atoms with E-state index >= 15 is 0 Å². The molecule has 0 bridgehead atoms. The summed E-state index contributed by atoms with van der Waals surface area (Å²) in [6.45, 7) is 19.0. The Hall–Kier alpha value is -3.44. The number of amides is 5. The molecular weight excluding hydrogens is 602 g/mol. The van der Waals surface area contributed by atoms with Crippen LogP contribution in [0.25, 0.3) is 0 Å². The first-order valence-electron chi connectivity index (χ1n) is 17.1. The van der Waals surface area contributed by atoms with Gasteiger partial charge in [0.1, 0.15) is 17.7 Å². The Morgan fingerprint density at radius 1 is 0.979 bits per heavy atom. The zero-order valence-electron chi connectivity index (χ0n) is 29.6. The van der Waals surface area contributed by atoms with E-state index in [0.717, 1.165) is 32.1 Å². The fourth-order valence-corrected chi connectivity index (χ4v) is 7.10. The summed E-state index contributed by atoms with van der Waals surface area (Å²) in [6.07, 6.45) is 5.95. The van der Waals surface area contributed by atoms with Crippen LogP contribution in [0.15, 0.2) is 12.7 Å². The summed E-state index contributed by atoms with van der Waals surface area (Å²) in [5, 5.41) is 10.9. The van der Waals surface area contributed by atoms with Crippen molar-refractivity contribution in [1.29, 1.82) is 0 Å². The van der Waals surface area contributed by atoms with E-state index in [4.69, 9.17) is 4.74 Å². The van der Waals surface area contributed by atoms with Gasteiger partial charge in [-0.25, -0.2) is 4.79 Å². The number of likely N-dealkylation sites (tertiary alicyclic amines) is 1. The highest BCUT2D eigenvalue weighted by atomic mass is 16.6. The molecule has 4 N–H and O–H groups in total. The second kappa shape index (κ2) is 15.2. The van der Waals surface area contributed by atoms with Gasteiger partial charge in [-0.15, -0.1) is 6.58 Å². The predicted octanol–water partition coefficient (Wildman–Crippen LogP) is 3.38. The van der Waals surface area contributed by atoms with Crippen molar-refractivity contribution in [3.05, 3.63) is 12.7 Å². The average molecular weight is 660 g/mol. The lowest BCUT2D eigenvalue weighted by Crippen LogP contribution is -2.60. The molecule has 1 heterocycles. The van der Waals surface area contributed by atoms with Crippen LogP contribution in [-0.2, 0) is 28.7 Å². The van der Waals surface area contributed by atoms with Crippen LogP contribution in [0.3, 0.4) is 0 Å². The zero-order valence-corrected chi connectivity index (χ0v) is 29.6. The molecule has 2 saturated carbocycles. The fourth-order valence-electron chi connectivity index (χ4n) is 7.10. The maximum atomic E-state index is 14.3. The number of hydrogen-bond donors (Lipinski definition) is 4. The van der Waals surface area contributed by atoms with Gasteiger partial charge in [0.25, 0.3) is 5.91 Å². The molecule has 47 heavy (non-hydrogen) atoms. The topological polar surface area (TPSA) is 163 Å². The molecule has 0 aromatic rings. The second-order valence-corrected chi connectivity index (χ2v) is 16.0. The Morgan fingerprint density at radius 3 is 2.19 bits per heavy atom. The van der Waals surface area contributed by atoms with Gasteiger partial charge in [-0.3, -0.25) is 24.0 Å². The largest absolute Gasteiger partial charge is 0.444 e. The van der Waals surface area contributed by atoms with Crippen LogP contribution in [0, 0.1) is 23.2 Å². The van der Waals surface area contributed by atoms with Crippen LogP contribution in [0.4, 0.5) is 4.79 Å². The van der Waals surface area contributed by atoms with Gasteiger partial charge >= 0.3 is 6.09 Å². The van der Waals surface area contributed by atoms with Gasteiger partial charge in [0.15, 0.2) is 0 Å². The minimum Gasteiger partial charge on any atom is -0.444 e. The molecule has 2 aliphatic carbocycles. The zero-order chi connectivity index (χ0) is 35.3. The van der Waals surface area contributed by atoms with Crippen molar-refractivity contribution >= 4 is 35.5 Å². The summed E-state index contributed by atoms with van der Waals surface area (Å²) in [7, 11) is 0. The molecule has 12 heteroatoms. The van der Waals surface area contributed by atoms with Gasteiger partial charge in [0.05, 0.1) is 6.04 Å². The number of carbonyl (C=O) groups excluding carboxylic acids is 6. The van der Waals surface area contributed by atoms with Gasteiger partial charge in [-0.05, 0) is 90.4 Å². The lowest BCUT2D eigenvalue weighted by atomic mass is 9.83. The number of hydrogen-bond acceptors (Lipinski definition) is 7. The third-order valence-corrected chi connectivity index (χ3v) is 9.49. The second-order valence-electron chi connectivity index (χ2n) is 16.0. The van der Waals surface area contributed by atoms with E-state index in [-0.39, 0.29) is 54.4 Å². The summed E-state index contributed by atoms with van der Waals surface area (Å²) < 4.78 is 5.50. The Labute approximate surface area is 279 Å². The monoisotopic (exact) mass is 659 g/mol. The number of rotatable bonds is 13. The fraction of sp³-hybridized carbons (Fsp3) is 0.771. The predicted molar refractivity (Wildman–Crippen MR) is 178 cm³/mol. The molecule has 3 rings (SSSR count). The van der Waals surface area contributed by atoms with Gasteiger partial charge in [0.2, 0.25) is 23.5 Å². The van der Waals surface area contributed by atoms with E-state index in [1.165, 1.54) is 0 Å². The van der Waals surface area contributed by atoms with E-state index in [1.807, 2.05) is 20.8 Å². The molecule has 264 valence electrons. The van der Waals surface area contributed by atoms with Crippen LogP contribution in [0.2, 0.25) is 0 Å². The normalized spacial score (nSPS) is 23.4. The lowest BCUT2D eigenvalue weighted by molar-refractivity contribution is -0.145. The molecule has 3 aliphatic rings. The average Bonchev–Trinajstić information content (AvgIpc) is 3.26. The lowest BCUT2D eigenvalue weighted by Gasteiger charge is -2.37. The molecule has 1 unspecified atom stereocenters. The maximum absolute atomic E-state index is 14.3. The van der Waals surface area contributed by atoms with E-state index < -0.39 is 53.0 Å². The number of Topliss-reactive ketones (excluding diaryl/α,β-unsaturated/α-hetero) is 1. The summed E-state index contributed by atoms with van der Waals surface area (Å²) in [5.74, 6) is -2.96. The van der Waals surface area contributed by atoms with Crippen LogP contribution >= 0.6 is 0 Å². The van der Waals surface area contributed by atoms with Crippen molar-refractivity contribution in [1.82, 2.24) is 26.2 Å². The third kappa shape index (κ3) is 10.3. The number of fused-ring (bicyclic) bond motifs is 1. The van der Waals surface area contributed by atoms with E-state index in [1.54, 1.807) is 31.7 Å². The van der Waals surface area contributed by atoms with Crippen molar-refractivity contribution < 1.29 is 33.5 Å². The summed E-state index contributed by atoms with van der Waals surface area (Å²) in [4.78, 5) is 81.1. The Bertz CT molecular complexity index is 1210. The Balaban J connectivity index is 1.77. The van der Waals surface area contributed by atoms with Crippen molar-refractivity contribution in [3.63, 3.8) is 0 Å². The molecule has 0 spiro atoms. The molecule has 0 radical (unpaired) electrons. The van der Waals surface area contributed by atoms with Crippen molar-refractivity contribution in [3.8, 4) is 0 Å². The molecule has 3 fully saturated rings. The number of ether oxygens (including phenoxy) is 1. The minimum absolute atomic E-state index is 0.00321. The van der Waals surface area contributed by atoms with Crippen LogP contribution in [0.5, 0.6) is 0 Å². The highest BCUT2D eigenvalue weighted by molar-refractivity contribution is 6.38. The SMILES string of the molecule is C=CCCC(NC(=O)[C@@H]1[C@@H]2[C@H](CN1C(=O)[C@@H](NC(=O)OC(C)(C)C)C1CCCCC1)C2(C)C)C(=O)C(=O)NCCC(=O)NC(C)(C)C.